The molecule has 0 atom stereocenters. The number of halogens is 2. The summed E-state index contributed by atoms with van der Waals surface area (Å²) in [6.07, 6.45) is 1.36. The molecular weight excluding hydrogens is 686 g/mol. The molecule has 0 heterocycles. The van der Waals surface area contributed by atoms with Crippen LogP contribution in [0.5, 0.6) is 23.0 Å². The highest BCUT2D eigenvalue weighted by atomic mass is 79.9. The van der Waals surface area contributed by atoms with Gasteiger partial charge >= 0.3 is 5.97 Å². The van der Waals surface area contributed by atoms with Crippen molar-refractivity contribution in [2.45, 2.75) is 0 Å². The van der Waals surface area contributed by atoms with Crippen molar-refractivity contribution in [2.75, 3.05) is 26.6 Å². The number of esters is 1. The molecule has 43 heavy (non-hydrogen) atoms. The Hall–Kier alpha value is -4.68. The van der Waals surface area contributed by atoms with E-state index in [1.807, 2.05) is 0 Å². The minimum atomic E-state index is -0.548. The zero-order valence-corrected chi connectivity index (χ0v) is 26.3. The average molecular weight is 711 g/mol. The van der Waals surface area contributed by atoms with Crippen molar-refractivity contribution in [3.05, 3.63) is 110 Å². The van der Waals surface area contributed by atoms with Crippen LogP contribution in [0.2, 0.25) is 0 Å². The van der Waals surface area contributed by atoms with E-state index in [0.717, 1.165) is 0 Å². The third-order valence-corrected chi connectivity index (χ3v) is 6.97. The van der Waals surface area contributed by atoms with Crippen molar-refractivity contribution in [1.29, 1.82) is 0 Å². The number of anilines is 1. The molecule has 4 aromatic carbocycles. The predicted octanol–water partition coefficient (Wildman–Crippen LogP) is 6.47. The summed E-state index contributed by atoms with van der Waals surface area (Å²) < 4.78 is 22.8. The minimum Gasteiger partial charge on any atom is -0.493 e. The number of nitrogens with zero attached hydrogens (tertiary/aromatic N) is 1. The van der Waals surface area contributed by atoms with Crippen LogP contribution < -0.4 is 29.7 Å². The molecule has 0 radical (unpaired) electrons. The van der Waals surface area contributed by atoms with Gasteiger partial charge in [0.05, 0.1) is 37.6 Å². The molecule has 0 spiro atoms. The normalized spacial score (nSPS) is 10.6. The van der Waals surface area contributed by atoms with E-state index in [0.29, 0.717) is 43.0 Å². The van der Waals surface area contributed by atoms with E-state index >= 15 is 0 Å². The van der Waals surface area contributed by atoms with Gasteiger partial charge in [-0.15, -0.1) is 0 Å². The first-order valence-electron chi connectivity index (χ1n) is 12.5. The highest BCUT2D eigenvalue weighted by molar-refractivity contribution is 9.11. The smallest absolute Gasteiger partial charge is 0.343 e. The first-order chi connectivity index (χ1) is 20.7. The summed E-state index contributed by atoms with van der Waals surface area (Å²) in [5.41, 5.74) is 4.14. The van der Waals surface area contributed by atoms with Gasteiger partial charge in [0.25, 0.3) is 11.8 Å². The summed E-state index contributed by atoms with van der Waals surface area (Å²) in [5, 5.41) is 6.81. The van der Waals surface area contributed by atoms with Gasteiger partial charge in [-0.25, -0.2) is 10.2 Å². The fraction of sp³-hybridized carbons (Fsp3) is 0.0968. The van der Waals surface area contributed by atoms with Crippen molar-refractivity contribution in [3.8, 4) is 23.0 Å². The van der Waals surface area contributed by atoms with Crippen LogP contribution in [0.25, 0.3) is 0 Å². The maximum atomic E-state index is 13.0. The molecular formula is C31H25Br2N3O7. The Bertz CT molecular complexity index is 1670. The molecule has 4 aromatic rings. The highest BCUT2D eigenvalue weighted by Crippen LogP contribution is 2.38. The fourth-order valence-corrected chi connectivity index (χ4v) is 5.23. The molecule has 2 N–H and O–H groups in total. The Balaban J connectivity index is 1.47. The van der Waals surface area contributed by atoms with Crippen molar-refractivity contribution >= 4 is 61.5 Å². The van der Waals surface area contributed by atoms with E-state index in [1.54, 1.807) is 60.7 Å². The topological polar surface area (TPSA) is 125 Å². The molecule has 0 aliphatic rings. The second-order valence-corrected chi connectivity index (χ2v) is 10.5. The van der Waals surface area contributed by atoms with Gasteiger partial charge in [-0.05, 0) is 70.5 Å². The van der Waals surface area contributed by atoms with E-state index < -0.39 is 17.8 Å². The van der Waals surface area contributed by atoms with Gasteiger partial charge in [-0.1, -0.05) is 40.2 Å². The monoisotopic (exact) mass is 709 g/mol. The Morgan fingerprint density at radius 2 is 1.40 bits per heavy atom. The van der Waals surface area contributed by atoms with Crippen LogP contribution in [0.4, 0.5) is 5.69 Å². The highest BCUT2D eigenvalue weighted by Gasteiger charge is 2.18. The minimum absolute atomic E-state index is 0.228. The zero-order chi connectivity index (χ0) is 30.9. The van der Waals surface area contributed by atoms with E-state index in [9.17, 15) is 14.4 Å². The molecule has 0 aromatic heterocycles. The molecule has 0 aliphatic carbocycles. The number of hydrazone groups is 1. The van der Waals surface area contributed by atoms with Crippen LogP contribution in [0.3, 0.4) is 0 Å². The van der Waals surface area contributed by atoms with E-state index in [2.05, 4.69) is 47.7 Å². The van der Waals surface area contributed by atoms with Crippen LogP contribution >= 0.6 is 31.9 Å². The van der Waals surface area contributed by atoms with Crippen molar-refractivity contribution < 1.29 is 33.3 Å². The number of benzene rings is 4. The Morgan fingerprint density at radius 3 is 2.05 bits per heavy atom. The van der Waals surface area contributed by atoms with E-state index in [4.69, 9.17) is 18.9 Å². The summed E-state index contributed by atoms with van der Waals surface area (Å²) in [7, 11) is 4.38. The number of amides is 2. The maximum absolute atomic E-state index is 13.0. The van der Waals surface area contributed by atoms with Gasteiger partial charge in [0.2, 0.25) is 5.75 Å². The second-order valence-electron chi connectivity index (χ2n) is 8.71. The number of carbonyl (C=O) groups excluding carboxylic acids is 3. The molecule has 2 amide bonds. The molecule has 0 aliphatic heterocycles. The maximum Gasteiger partial charge on any atom is 0.343 e. The first-order valence-corrected chi connectivity index (χ1v) is 14.1. The summed E-state index contributed by atoms with van der Waals surface area (Å²) in [6, 6.07) is 21.3. The SMILES string of the molecule is COc1cc(C(=O)Nc2cccc(C(=O)NN=Cc3cc(Br)cc(Br)c3OC(=O)c3ccccc3)c2)cc(OC)c1OC. The van der Waals surface area contributed by atoms with Gasteiger partial charge in [-0.2, -0.15) is 5.10 Å². The molecule has 220 valence electrons. The molecule has 0 bridgehead atoms. The Labute approximate surface area is 264 Å². The lowest BCUT2D eigenvalue weighted by molar-refractivity contribution is 0.0732. The van der Waals surface area contributed by atoms with E-state index in [1.165, 1.54) is 45.7 Å². The van der Waals surface area contributed by atoms with Gasteiger partial charge in [0.1, 0.15) is 0 Å². The van der Waals surface area contributed by atoms with Crippen LogP contribution in [0.15, 0.2) is 92.9 Å². The molecule has 0 saturated heterocycles. The molecule has 12 heteroatoms. The summed E-state index contributed by atoms with van der Waals surface area (Å²) in [5.74, 6) is -0.289. The largest absolute Gasteiger partial charge is 0.493 e. The van der Waals surface area contributed by atoms with Gasteiger partial charge < -0.3 is 24.3 Å². The third kappa shape index (κ3) is 7.79. The number of ether oxygens (including phenoxy) is 4. The standard InChI is InChI=1S/C31H25Br2N3O7/c1-40-25-14-20(15-26(41-2)28(25)42-3)29(37)35-23-11-7-10-19(13-23)30(38)36-34-17-21-12-22(32)16-24(33)27(21)43-31(39)18-8-5-4-6-9-18/h4-17H,1-3H3,(H,35,37)(H,36,38). The molecule has 0 fully saturated rings. The second kappa shape index (κ2) is 14.5. The summed E-state index contributed by atoms with van der Waals surface area (Å²) in [6.45, 7) is 0. The molecule has 10 nitrogen and oxygen atoms in total. The first kappa shape index (κ1) is 31.3. The third-order valence-electron chi connectivity index (χ3n) is 5.92. The van der Waals surface area contributed by atoms with Gasteiger partial charge in [0.15, 0.2) is 17.2 Å². The van der Waals surface area contributed by atoms with Crippen LogP contribution in [-0.4, -0.2) is 45.3 Å². The average Bonchev–Trinajstić information content (AvgIpc) is 3.02. The van der Waals surface area contributed by atoms with Crippen LogP contribution in [0.1, 0.15) is 36.6 Å². The predicted molar refractivity (Wildman–Crippen MR) is 169 cm³/mol. The molecule has 0 unspecified atom stereocenters. The Kier molecular flexibility index (Phi) is 10.5. The number of hydrogen-bond acceptors (Lipinski definition) is 8. The van der Waals surface area contributed by atoms with Gasteiger partial charge in [-0.3, -0.25) is 9.59 Å². The van der Waals surface area contributed by atoms with Crippen molar-refractivity contribution in [1.82, 2.24) is 5.43 Å². The summed E-state index contributed by atoms with van der Waals surface area (Å²) >= 11 is 6.82. The zero-order valence-electron chi connectivity index (χ0n) is 23.1. The number of carbonyl (C=O) groups is 3. The van der Waals surface area contributed by atoms with Gasteiger partial charge in [0, 0.05) is 26.9 Å². The quantitative estimate of drug-likeness (QED) is 0.0837. The van der Waals surface area contributed by atoms with Crippen molar-refractivity contribution in [2.24, 2.45) is 5.10 Å². The molecule has 0 saturated carbocycles. The summed E-state index contributed by atoms with van der Waals surface area (Å²) in [4.78, 5) is 38.5. The van der Waals surface area contributed by atoms with Crippen molar-refractivity contribution in [3.63, 3.8) is 0 Å². The number of hydrogen-bond donors (Lipinski definition) is 2. The van der Waals surface area contributed by atoms with E-state index in [-0.39, 0.29) is 16.9 Å². The fourth-order valence-electron chi connectivity index (χ4n) is 3.89. The lowest BCUT2D eigenvalue weighted by Crippen LogP contribution is -2.18. The van der Waals surface area contributed by atoms with Crippen LogP contribution in [0, 0.1) is 0 Å². The Morgan fingerprint density at radius 1 is 0.721 bits per heavy atom. The van der Waals surface area contributed by atoms with Crippen LogP contribution in [-0.2, 0) is 0 Å². The lowest BCUT2D eigenvalue weighted by atomic mass is 10.1. The number of rotatable bonds is 10. The number of nitrogens with one attached hydrogen (secondary N) is 2. The molecule has 4 rings (SSSR count). The lowest BCUT2D eigenvalue weighted by Gasteiger charge is -2.14. The number of methoxy groups -OCH3 is 3.